The minimum absolute atomic E-state index is 0.137. The lowest BCUT2D eigenvalue weighted by atomic mass is 10.0. The Morgan fingerprint density at radius 1 is 1.31 bits per heavy atom. The second-order valence-corrected chi connectivity index (χ2v) is 5.86. The summed E-state index contributed by atoms with van der Waals surface area (Å²) >= 11 is 0. The summed E-state index contributed by atoms with van der Waals surface area (Å²) in [5.74, 6) is -1.23. The number of carbonyl (C=O) groups excluding carboxylic acids is 3. The van der Waals surface area contributed by atoms with Crippen LogP contribution in [-0.4, -0.2) is 54.6 Å². The average molecular weight is 357 g/mol. The van der Waals surface area contributed by atoms with E-state index < -0.39 is 24.5 Å². The molecule has 1 aliphatic rings. The summed E-state index contributed by atoms with van der Waals surface area (Å²) in [6, 6.07) is 6.96. The summed E-state index contributed by atoms with van der Waals surface area (Å²) in [4.78, 5) is 41.7. The number of carbonyl (C=O) groups is 3. The Labute approximate surface area is 150 Å². The highest BCUT2D eigenvalue weighted by molar-refractivity contribution is 6.00. The number of amides is 3. The number of pyridine rings is 1. The number of methoxy groups -OCH3 is 1. The van der Waals surface area contributed by atoms with Crippen molar-refractivity contribution in [1.82, 2.24) is 15.2 Å². The van der Waals surface area contributed by atoms with Gasteiger partial charge in [0.15, 0.2) is 6.61 Å². The van der Waals surface area contributed by atoms with Crippen LogP contribution in [0.1, 0.15) is 21.6 Å². The molecule has 0 radical (unpaired) electrons. The van der Waals surface area contributed by atoms with Crippen molar-refractivity contribution in [3.63, 3.8) is 0 Å². The Hall–Kier alpha value is -3.00. The van der Waals surface area contributed by atoms with Gasteiger partial charge in [-0.2, -0.15) is 0 Å². The predicted molar refractivity (Wildman–Crippen MR) is 92.6 cm³/mol. The van der Waals surface area contributed by atoms with Crippen molar-refractivity contribution in [1.29, 1.82) is 0 Å². The molecule has 136 valence electrons. The monoisotopic (exact) mass is 357 g/mol. The molecule has 2 aromatic rings. The van der Waals surface area contributed by atoms with E-state index in [9.17, 15) is 14.4 Å². The molecule has 0 bridgehead atoms. The van der Waals surface area contributed by atoms with Crippen molar-refractivity contribution in [2.24, 2.45) is 0 Å². The van der Waals surface area contributed by atoms with E-state index in [1.807, 2.05) is 24.3 Å². The van der Waals surface area contributed by atoms with Crippen LogP contribution < -0.4 is 5.32 Å². The van der Waals surface area contributed by atoms with E-state index in [0.717, 1.165) is 15.8 Å². The normalized spacial score (nSPS) is 13.8. The second-order valence-electron chi connectivity index (χ2n) is 5.86. The van der Waals surface area contributed by atoms with Gasteiger partial charge in [-0.25, -0.2) is 14.6 Å². The van der Waals surface area contributed by atoms with Crippen LogP contribution in [0.2, 0.25) is 0 Å². The van der Waals surface area contributed by atoms with E-state index in [0.29, 0.717) is 17.8 Å². The van der Waals surface area contributed by atoms with Gasteiger partial charge in [-0.1, -0.05) is 18.2 Å². The van der Waals surface area contributed by atoms with Crippen molar-refractivity contribution in [3.8, 4) is 0 Å². The lowest BCUT2D eigenvalue weighted by molar-refractivity contribution is -0.130. The number of nitrogens with one attached hydrogen (secondary N) is 1. The van der Waals surface area contributed by atoms with Gasteiger partial charge in [0.2, 0.25) is 0 Å². The van der Waals surface area contributed by atoms with Crippen LogP contribution in [0.25, 0.3) is 10.9 Å². The third-order valence-electron chi connectivity index (χ3n) is 4.20. The first-order valence-electron chi connectivity index (χ1n) is 8.15. The minimum Gasteiger partial charge on any atom is -0.452 e. The second kappa shape index (κ2) is 7.49. The highest BCUT2D eigenvalue weighted by Crippen LogP contribution is 2.24. The molecule has 0 aliphatic carbocycles. The largest absolute Gasteiger partial charge is 0.452 e. The average Bonchev–Trinajstić information content (AvgIpc) is 3.06. The Kier molecular flexibility index (Phi) is 5.13. The molecule has 0 unspecified atom stereocenters. The number of hydrogen-bond acceptors (Lipinski definition) is 6. The van der Waals surface area contributed by atoms with Gasteiger partial charge in [0.1, 0.15) is 0 Å². The fourth-order valence-electron chi connectivity index (χ4n) is 2.94. The van der Waals surface area contributed by atoms with Crippen LogP contribution in [0.15, 0.2) is 24.3 Å². The third-order valence-corrected chi connectivity index (χ3v) is 4.20. The summed E-state index contributed by atoms with van der Waals surface area (Å²) < 4.78 is 10.3. The fraction of sp³-hybridized carbons (Fsp3) is 0.333. The summed E-state index contributed by atoms with van der Waals surface area (Å²) in [7, 11) is 1.51. The smallest absolute Gasteiger partial charge is 0.340 e. The van der Waals surface area contributed by atoms with Crippen LogP contribution in [0, 0.1) is 6.92 Å². The summed E-state index contributed by atoms with van der Waals surface area (Å²) in [5.41, 5.74) is 2.18. The highest BCUT2D eigenvalue weighted by Gasteiger charge is 2.28. The van der Waals surface area contributed by atoms with Crippen molar-refractivity contribution in [2.45, 2.75) is 13.5 Å². The van der Waals surface area contributed by atoms with Crippen molar-refractivity contribution >= 4 is 28.8 Å². The predicted octanol–water partition coefficient (Wildman–Crippen LogP) is 1.40. The number of imide groups is 1. The van der Waals surface area contributed by atoms with Gasteiger partial charge in [-0.05, 0) is 18.6 Å². The molecular formula is C18H19N3O5. The first-order valence-corrected chi connectivity index (χ1v) is 8.15. The number of rotatable bonds is 5. The molecule has 8 heteroatoms. The Morgan fingerprint density at radius 2 is 2.08 bits per heavy atom. The van der Waals surface area contributed by atoms with E-state index in [1.54, 1.807) is 6.92 Å². The number of aromatic nitrogens is 1. The van der Waals surface area contributed by atoms with Crippen LogP contribution in [0.5, 0.6) is 0 Å². The number of esters is 1. The van der Waals surface area contributed by atoms with Crippen LogP contribution >= 0.6 is 0 Å². The van der Waals surface area contributed by atoms with Gasteiger partial charge in [-0.3, -0.25) is 9.69 Å². The van der Waals surface area contributed by atoms with Gasteiger partial charge in [-0.15, -0.1) is 0 Å². The standard InChI is InChI=1S/C18H19N3O5/c1-11-12-5-3-4-6-13(12)20-14(9-25-2)16(11)17(23)26-10-15(22)21-8-7-19-18(21)24/h3-6H,7-10H2,1-2H3,(H,19,24). The fourth-order valence-corrected chi connectivity index (χ4v) is 2.94. The number of fused-ring (bicyclic) bond motifs is 1. The number of urea groups is 1. The Bertz CT molecular complexity index is 881. The van der Waals surface area contributed by atoms with Crippen LogP contribution in [0.3, 0.4) is 0 Å². The minimum atomic E-state index is -0.666. The van der Waals surface area contributed by atoms with Crippen molar-refractivity contribution in [2.75, 3.05) is 26.8 Å². The summed E-state index contributed by atoms with van der Waals surface area (Å²) in [5, 5.41) is 3.35. The van der Waals surface area contributed by atoms with E-state index >= 15 is 0 Å². The molecule has 0 saturated carbocycles. The maximum absolute atomic E-state index is 12.6. The van der Waals surface area contributed by atoms with Gasteiger partial charge >= 0.3 is 12.0 Å². The number of para-hydroxylation sites is 1. The molecule has 1 fully saturated rings. The number of aryl methyl sites for hydroxylation is 1. The molecule has 1 N–H and O–H groups in total. The zero-order valence-electron chi connectivity index (χ0n) is 14.6. The molecule has 0 spiro atoms. The molecule has 1 aromatic heterocycles. The summed E-state index contributed by atoms with van der Waals surface area (Å²) in [6.07, 6.45) is 0. The molecule has 0 atom stereocenters. The molecular weight excluding hydrogens is 338 g/mol. The first-order chi connectivity index (χ1) is 12.5. The van der Waals surface area contributed by atoms with E-state index in [1.165, 1.54) is 7.11 Å². The maximum atomic E-state index is 12.6. The number of ether oxygens (including phenoxy) is 2. The molecule has 1 aliphatic heterocycles. The molecule has 3 amide bonds. The molecule has 8 nitrogen and oxygen atoms in total. The zero-order valence-corrected chi connectivity index (χ0v) is 14.6. The first kappa shape index (κ1) is 17.8. The van der Waals surface area contributed by atoms with Crippen LogP contribution in [-0.2, 0) is 20.9 Å². The van der Waals surface area contributed by atoms with E-state index in [-0.39, 0.29) is 18.7 Å². The molecule has 26 heavy (non-hydrogen) atoms. The zero-order chi connectivity index (χ0) is 18.7. The Morgan fingerprint density at radius 3 is 2.77 bits per heavy atom. The lowest BCUT2D eigenvalue weighted by Crippen LogP contribution is -2.37. The molecule has 1 aromatic carbocycles. The SMILES string of the molecule is COCc1nc2ccccc2c(C)c1C(=O)OCC(=O)N1CCNC1=O. The summed E-state index contributed by atoms with van der Waals surface area (Å²) in [6.45, 7) is 2.09. The Balaban J connectivity index is 1.84. The topological polar surface area (TPSA) is 97.8 Å². The van der Waals surface area contributed by atoms with E-state index in [4.69, 9.17) is 9.47 Å². The van der Waals surface area contributed by atoms with Gasteiger partial charge in [0.25, 0.3) is 5.91 Å². The van der Waals surface area contributed by atoms with Crippen molar-refractivity contribution in [3.05, 3.63) is 41.1 Å². The molecule has 1 saturated heterocycles. The highest BCUT2D eigenvalue weighted by atomic mass is 16.5. The van der Waals surface area contributed by atoms with Gasteiger partial charge in [0, 0.05) is 25.6 Å². The third kappa shape index (κ3) is 3.36. The van der Waals surface area contributed by atoms with Crippen LogP contribution in [0.4, 0.5) is 4.79 Å². The van der Waals surface area contributed by atoms with E-state index in [2.05, 4.69) is 10.3 Å². The lowest BCUT2D eigenvalue weighted by Gasteiger charge is -2.15. The van der Waals surface area contributed by atoms with Gasteiger partial charge < -0.3 is 14.8 Å². The number of benzene rings is 1. The molecule has 2 heterocycles. The number of hydrogen-bond donors (Lipinski definition) is 1. The molecule has 3 rings (SSSR count). The van der Waals surface area contributed by atoms with Crippen molar-refractivity contribution < 1.29 is 23.9 Å². The quantitative estimate of drug-likeness (QED) is 0.812. The maximum Gasteiger partial charge on any atom is 0.340 e. The number of nitrogens with zero attached hydrogens (tertiary/aromatic N) is 2. The van der Waals surface area contributed by atoms with Gasteiger partial charge in [0.05, 0.1) is 23.4 Å².